The van der Waals surface area contributed by atoms with E-state index in [-0.39, 0.29) is 11.8 Å². The van der Waals surface area contributed by atoms with Crippen LogP contribution in [-0.4, -0.2) is 10.1 Å². The first kappa shape index (κ1) is 19.9. The molecule has 1 unspecified atom stereocenters. The minimum atomic E-state index is 0.0446. The van der Waals surface area contributed by atoms with E-state index in [0.29, 0.717) is 11.8 Å². The van der Waals surface area contributed by atoms with Crippen molar-refractivity contribution < 1.29 is 5.11 Å². The van der Waals surface area contributed by atoms with E-state index in [2.05, 4.69) is 58.1 Å². The first-order valence-electron chi connectivity index (χ1n) is 10.0. The number of nitrogens with zero attached hydrogens (tertiary/aromatic N) is 1. The van der Waals surface area contributed by atoms with Crippen molar-refractivity contribution in [2.45, 2.75) is 52.5 Å². The summed E-state index contributed by atoms with van der Waals surface area (Å²) in [4.78, 5) is 4.83. The molecule has 0 radical (unpaired) electrons. The molecule has 2 N–H and O–H groups in total. The molecule has 0 spiro atoms. The lowest BCUT2D eigenvalue weighted by molar-refractivity contribution is 0.477. The lowest BCUT2D eigenvalue weighted by Gasteiger charge is -2.24. The Labute approximate surface area is 168 Å². The SMILES string of the molecule is CC(C)c1cccc(C(C)C)c1NC(C)c1cccc(-c2ccccc2O)n1. The molecule has 2 aromatic carbocycles. The molecule has 3 aromatic rings. The van der Waals surface area contributed by atoms with Gasteiger partial charge in [0.2, 0.25) is 0 Å². The zero-order chi connectivity index (χ0) is 20.3. The smallest absolute Gasteiger partial charge is 0.124 e. The maximum atomic E-state index is 10.2. The Morgan fingerprint density at radius 3 is 1.96 bits per heavy atom. The van der Waals surface area contributed by atoms with E-state index in [0.717, 1.165) is 17.0 Å². The quantitative estimate of drug-likeness (QED) is 0.494. The average molecular weight is 375 g/mol. The van der Waals surface area contributed by atoms with Crippen LogP contribution >= 0.6 is 0 Å². The lowest BCUT2D eigenvalue weighted by atomic mass is 9.92. The highest BCUT2D eigenvalue weighted by atomic mass is 16.3. The molecule has 0 saturated heterocycles. The van der Waals surface area contributed by atoms with Crippen molar-refractivity contribution in [3.63, 3.8) is 0 Å². The second-order valence-electron chi connectivity index (χ2n) is 7.95. The molecule has 1 aromatic heterocycles. The van der Waals surface area contributed by atoms with Crippen LogP contribution in [0.15, 0.2) is 60.7 Å². The molecular formula is C25H30N2O. The standard InChI is InChI=1S/C25H30N2O/c1-16(2)19-11-8-12-20(17(3)4)25(19)26-18(5)22-13-9-14-23(27-22)21-10-6-7-15-24(21)28/h6-18,26,28H,1-5H3. The molecule has 146 valence electrons. The zero-order valence-corrected chi connectivity index (χ0v) is 17.4. The van der Waals surface area contributed by atoms with E-state index in [9.17, 15) is 5.11 Å². The Morgan fingerprint density at radius 1 is 0.750 bits per heavy atom. The van der Waals surface area contributed by atoms with Gasteiger partial charge in [-0.25, -0.2) is 0 Å². The summed E-state index contributed by atoms with van der Waals surface area (Å²) < 4.78 is 0. The number of rotatable bonds is 6. The first-order chi connectivity index (χ1) is 13.4. The fourth-order valence-electron chi connectivity index (χ4n) is 3.54. The Kier molecular flexibility index (Phi) is 6.03. The van der Waals surface area contributed by atoms with Gasteiger partial charge in [0.25, 0.3) is 0 Å². The van der Waals surface area contributed by atoms with Gasteiger partial charge in [-0.3, -0.25) is 4.98 Å². The maximum absolute atomic E-state index is 10.2. The van der Waals surface area contributed by atoms with Gasteiger partial charge in [-0.1, -0.05) is 64.1 Å². The van der Waals surface area contributed by atoms with Crippen LogP contribution in [0.3, 0.4) is 0 Å². The third-order valence-corrected chi connectivity index (χ3v) is 5.13. The normalized spacial score (nSPS) is 12.4. The Bertz CT molecular complexity index is 921. The highest BCUT2D eigenvalue weighted by Gasteiger charge is 2.17. The van der Waals surface area contributed by atoms with Crippen LogP contribution in [0.2, 0.25) is 0 Å². The molecule has 3 heteroatoms. The van der Waals surface area contributed by atoms with Gasteiger partial charge in [-0.05, 0) is 54.2 Å². The van der Waals surface area contributed by atoms with Crippen LogP contribution in [0, 0.1) is 0 Å². The highest BCUT2D eigenvalue weighted by molar-refractivity contribution is 5.67. The molecule has 0 aliphatic heterocycles. The van der Waals surface area contributed by atoms with Crippen molar-refractivity contribution in [1.29, 1.82) is 0 Å². The fraction of sp³-hybridized carbons (Fsp3) is 0.320. The van der Waals surface area contributed by atoms with E-state index >= 15 is 0 Å². The van der Waals surface area contributed by atoms with Crippen LogP contribution in [0.5, 0.6) is 5.75 Å². The lowest BCUT2D eigenvalue weighted by Crippen LogP contribution is -2.13. The molecule has 1 atom stereocenters. The number of aromatic nitrogens is 1. The average Bonchev–Trinajstić information content (AvgIpc) is 2.68. The van der Waals surface area contributed by atoms with Crippen LogP contribution < -0.4 is 5.32 Å². The second-order valence-corrected chi connectivity index (χ2v) is 7.95. The third kappa shape index (κ3) is 4.19. The third-order valence-electron chi connectivity index (χ3n) is 5.13. The number of anilines is 1. The summed E-state index contributed by atoms with van der Waals surface area (Å²) in [6, 6.07) is 19.9. The van der Waals surface area contributed by atoms with Crippen molar-refractivity contribution in [1.82, 2.24) is 4.98 Å². The summed E-state index contributed by atoms with van der Waals surface area (Å²) in [6.07, 6.45) is 0. The first-order valence-corrected chi connectivity index (χ1v) is 10.0. The largest absolute Gasteiger partial charge is 0.507 e. The highest BCUT2D eigenvalue weighted by Crippen LogP contribution is 2.35. The van der Waals surface area contributed by atoms with Crippen LogP contribution in [0.4, 0.5) is 5.69 Å². The minimum absolute atomic E-state index is 0.0446. The summed E-state index contributed by atoms with van der Waals surface area (Å²) in [5, 5.41) is 13.9. The number of hydrogen-bond donors (Lipinski definition) is 2. The van der Waals surface area contributed by atoms with Gasteiger partial charge >= 0.3 is 0 Å². The number of phenols is 1. The monoisotopic (exact) mass is 374 g/mol. The predicted octanol–water partition coefficient (Wildman–Crippen LogP) is 6.87. The fourth-order valence-corrected chi connectivity index (χ4v) is 3.54. The van der Waals surface area contributed by atoms with Gasteiger partial charge in [0.05, 0.1) is 17.4 Å². The van der Waals surface area contributed by atoms with Crippen molar-refractivity contribution in [2.75, 3.05) is 5.32 Å². The Balaban J connectivity index is 1.96. The van der Waals surface area contributed by atoms with Crippen LogP contribution in [0.1, 0.15) is 69.3 Å². The summed E-state index contributed by atoms with van der Waals surface area (Å²) >= 11 is 0. The van der Waals surface area contributed by atoms with E-state index < -0.39 is 0 Å². The van der Waals surface area contributed by atoms with Crippen molar-refractivity contribution in [3.8, 4) is 17.0 Å². The maximum Gasteiger partial charge on any atom is 0.124 e. The van der Waals surface area contributed by atoms with Crippen molar-refractivity contribution in [2.24, 2.45) is 0 Å². The Morgan fingerprint density at radius 2 is 1.36 bits per heavy atom. The van der Waals surface area contributed by atoms with E-state index in [1.807, 2.05) is 36.4 Å². The van der Waals surface area contributed by atoms with Gasteiger partial charge in [0.15, 0.2) is 0 Å². The topological polar surface area (TPSA) is 45.1 Å². The zero-order valence-electron chi connectivity index (χ0n) is 17.4. The van der Waals surface area contributed by atoms with Gasteiger partial charge in [-0.2, -0.15) is 0 Å². The summed E-state index contributed by atoms with van der Waals surface area (Å²) in [7, 11) is 0. The number of hydrogen-bond acceptors (Lipinski definition) is 3. The second kappa shape index (κ2) is 8.47. The molecule has 3 nitrogen and oxygen atoms in total. The summed E-state index contributed by atoms with van der Waals surface area (Å²) in [5.74, 6) is 1.13. The van der Waals surface area contributed by atoms with E-state index in [1.165, 1.54) is 16.8 Å². The molecule has 0 bridgehead atoms. The molecule has 0 aliphatic carbocycles. The van der Waals surface area contributed by atoms with Crippen molar-refractivity contribution in [3.05, 3.63) is 77.5 Å². The van der Waals surface area contributed by atoms with Crippen LogP contribution in [0.25, 0.3) is 11.3 Å². The van der Waals surface area contributed by atoms with Crippen LogP contribution in [-0.2, 0) is 0 Å². The van der Waals surface area contributed by atoms with Gasteiger partial charge < -0.3 is 10.4 Å². The molecular weight excluding hydrogens is 344 g/mol. The van der Waals surface area contributed by atoms with E-state index in [1.54, 1.807) is 6.07 Å². The summed E-state index contributed by atoms with van der Waals surface area (Å²) in [5.41, 5.74) is 6.36. The molecule has 0 aliphatic rings. The number of aromatic hydroxyl groups is 1. The number of pyridine rings is 1. The van der Waals surface area contributed by atoms with E-state index in [4.69, 9.17) is 4.98 Å². The van der Waals surface area contributed by atoms with Gasteiger partial charge in [0.1, 0.15) is 5.75 Å². The molecule has 0 fully saturated rings. The molecule has 0 saturated carbocycles. The summed E-state index contributed by atoms with van der Waals surface area (Å²) in [6.45, 7) is 11.1. The van der Waals surface area contributed by atoms with Gasteiger partial charge in [-0.15, -0.1) is 0 Å². The Hall–Kier alpha value is -2.81. The molecule has 0 amide bonds. The molecule has 1 heterocycles. The predicted molar refractivity (Wildman–Crippen MR) is 118 cm³/mol. The molecule has 28 heavy (non-hydrogen) atoms. The molecule has 3 rings (SSSR count). The minimum Gasteiger partial charge on any atom is -0.507 e. The number of benzene rings is 2. The van der Waals surface area contributed by atoms with Gasteiger partial charge in [0, 0.05) is 11.3 Å². The number of para-hydroxylation sites is 2. The number of nitrogens with one attached hydrogen (secondary N) is 1. The number of phenolic OH excluding ortho intramolecular Hbond substituents is 1. The van der Waals surface area contributed by atoms with Crippen molar-refractivity contribution >= 4 is 5.69 Å².